The van der Waals surface area contributed by atoms with Gasteiger partial charge in [0.1, 0.15) is 6.54 Å². The van der Waals surface area contributed by atoms with Crippen LogP contribution < -0.4 is 4.90 Å². The van der Waals surface area contributed by atoms with Crippen molar-refractivity contribution >= 4 is 17.5 Å². The lowest BCUT2D eigenvalue weighted by Crippen LogP contribution is -2.39. The summed E-state index contributed by atoms with van der Waals surface area (Å²) in [5.41, 5.74) is 0.799. The minimum Gasteiger partial charge on any atom is -0.337 e. The summed E-state index contributed by atoms with van der Waals surface area (Å²) in [6, 6.07) is 9.67. The minimum atomic E-state index is -4.51. The largest absolute Gasteiger partial charge is 0.416 e. The van der Waals surface area contributed by atoms with E-state index in [1.54, 1.807) is 12.1 Å². The molecule has 2 amide bonds. The highest BCUT2D eigenvalue weighted by molar-refractivity contribution is 6.25. The van der Waals surface area contributed by atoms with Gasteiger partial charge in [-0.3, -0.25) is 14.6 Å². The van der Waals surface area contributed by atoms with E-state index in [1.807, 2.05) is 19.1 Å². The number of benzene rings is 2. The molecular formula is C22H17F3N6O3. The Balaban J connectivity index is 1.34. The second-order valence-corrected chi connectivity index (χ2v) is 7.81. The normalized spacial score (nSPS) is 19.9. The van der Waals surface area contributed by atoms with Crippen molar-refractivity contribution in [3.05, 3.63) is 65.5 Å². The van der Waals surface area contributed by atoms with Crippen molar-refractivity contribution in [3.63, 3.8) is 0 Å². The molecule has 12 heteroatoms. The number of amides is 2. The van der Waals surface area contributed by atoms with Crippen molar-refractivity contribution in [2.24, 2.45) is 10.3 Å². The Labute approximate surface area is 190 Å². The molecule has 2 aliphatic rings. The van der Waals surface area contributed by atoms with Crippen molar-refractivity contribution < 1.29 is 27.3 Å². The second kappa shape index (κ2) is 8.04. The average Bonchev–Trinajstić information content (AvgIpc) is 3.52. The first kappa shape index (κ1) is 21.7. The van der Waals surface area contributed by atoms with Crippen molar-refractivity contribution in [2.45, 2.75) is 38.1 Å². The van der Waals surface area contributed by atoms with Crippen LogP contribution in [0.4, 0.5) is 18.9 Å². The maximum atomic E-state index is 13.1. The van der Waals surface area contributed by atoms with Crippen LogP contribution >= 0.6 is 0 Å². The number of aromatic nitrogens is 2. The predicted octanol–water partition coefficient (Wildman–Crippen LogP) is 3.81. The van der Waals surface area contributed by atoms with E-state index in [0.717, 1.165) is 29.0 Å². The fraction of sp³-hybridized carbons (Fsp3) is 0.273. The molecule has 1 fully saturated rings. The standard InChI is InChI=1S/C22H17F3N6O3/c1-2-12-6-8-15(9-7-12)31-20(32)17-18(21(31)33)30(29-27-17)11-16-26-19(28-34-16)13-4-3-5-14(10-13)22(23,24)25/h3-10,17-18H,2,11H2,1H3/t17-,18-/m1/s1. The van der Waals surface area contributed by atoms with Gasteiger partial charge in [0, 0.05) is 5.56 Å². The number of imide groups is 1. The number of hydrogen-bond donors (Lipinski definition) is 0. The van der Waals surface area contributed by atoms with Gasteiger partial charge in [0.25, 0.3) is 11.8 Å². The fourth-order valence-electron chi connectivity index (χ4n) is 3.90. The smallest absolute Gasteiger partial charge is 0.337 e. The SMILES string of the molecule is CCc1ccc(N2C(=O)[C@@H]3N=NN(Cc4nc(-c5cccc(C(F)(F)F)c5)no4)[C@H]3C2=O)cc1. The van der Waals surface area contributed by atoms with Crippen LogP contribution in [-0.4, -0.2) is 39.0 Å². The highest BCUT2D eigenvalue weighted by Crippen LogP contribution is 2.34. The topological polar surface area (TPSA) is 104 Å². The Morgan fingerprint density at radius 3 is 2.53 bits per heavy atom. The van der Waals surface area contributed by atoms with Gasteiger partial charge in [-0.2, -0.15) is 23.3 Å². The van der Waals surface area contributed by atoms with Gasteiger partial charge in [0.2, 0.25) is 11.7 Å². The van der Waals surface area contributed by atoms with Gasteiger partial charge in [-0.1, -0.05) is 41.6 Å². The van der Waals surface area contributed by atoms with Crippen molar-refractivity contribution in [3.8, 4) is 11.4 Å². The van der Waals surface area contributed by atoms with Gasteiger partial charge in [-0.05, 0) is 36.2 Å². The highest BCUT2D eigenvalue weighted by Gasteiger charge is 2.55. The molecule has 9 nitrogen and oxygen atoms in total. The quantitative estimate of drug-likeness (QED) is 0.526. The first-order valence-electron chi connectivity index (χ1n) is 10.4. The summed E-state index contributed by atoms with van der Waals surface area (Å²) in [6.45, 7) is 1.86. The summed E-state index contributed by atoms with van der Waals surface area (Å²) in [5.74, 6) is -0.999. The van der Waals surface area contributed by atoms with Gasteiger partial charge in [-0.15, -0.1) is 0 Å². The number of rotatable bonds is 5. The molecule has 0 saturated carbocycles. The first-order valence-corrected chi connectivity index (χ1v) is 10.4. The summed E-state index contributed by atoms with van der Waals surface area (Å²) in [7, 11) is 0. The molecule has 1 aromatic heterocycles. The van der Waals surface area contributed by atoms with E-state index in [0.29, 0.717) is 5.69 Å². The van der Waals surface area contributed by atoms with Crippen LogP contribution in [0.25, 0.3) is 11.4 Å². The van der Waals surface area contributed by atoms with Crippen LogP contribution in [-0.2, 0) is 28.7 Å². The Hall–Kier alpha value is -4.09. The van der Waals surface area contributed by atoms with E-state index in [4.69, 9.17) is 4.52 Å². The summed E-state index contributed by atoms with van der Waals surface area (Å²) in [6.07, 6.45) is -3.69. The number of fused-ring (bicyclic) bond motifs is 1. The summed E-state index contributed by atoms with van der Waals surface area (Å²) in [4.78, 5) is 31.1. The maximum Gasteiger partial charge on any atom is 0.416 e. The molecule has 0 aliphatic carbocycles. The van der Waals surface area contributed by atoms with Gasteiger partial charge < -0.3 is 4.52 Å². The molecule has 0 radical (unpaired) electrons. The molecule has 1 saturated heterocycles. The molecular weight excluding hydrogens is 453 g/mol. The van der Waals surface area contributed by atoms with Crippen LogP contribution in [0.2, 0.25) is 0 Å². The molecule has 34 heavy (non-hydrogen) atoms. The first-order chi connectivity index (χ1) is 16.3. The highest BCUT2D eigenvalue weighted by atomic mass is 19.4. The molecule has 3 heterocycles. The van der Waals surface area contributed by atoms with E-state index < -0.39 is 35.6 Å². The van der Waals surface area contributed by atoms with E-state index in [9.17, 15) is 22.8 Å². The van der Waals surface area contributed by atoms with E-state index >= 15 is 0 Å². The Morgan fingerprint density at radius 1 is 1.06 bits per heavy atom. The number of alkyl halides is 3. The van der Waals surface area contributed by atoms with E-state index in [2.05, 4.69) is 20.5 Å². The van der Waals surface area contributed by atoms with Crippen LogP contribution in [0.15, 0.2) is 63.4 Å². The summed E-state index contributed by atoms with van der Waals surface area (Å²) >= 11 is 0. The van der Waals surface area contributed by atoms with E-state index in [-0.39, 0.29) is 23.8 Å². The zero-order valence-corrected chi connectivity index (χ0v) is 17.7. The lowest BCUT2D eigenvalue weighted by Gasteiger charge is -2.19. The Kier molecular flexibility index (Phi) is 5.14. The Bertz CT molecular complexity index is 1290. The van der Waals surface area contributed by atoms with Crippen LogP contribution in [0.5, 0.6) is 0 Å². The number of carbonyl (C=O) groups is 2. The second-order valence-electron chi connectivity index (χ2n) is 7.81. The predicted molar refractivity (Wildman–Crippen MR) is 111 cm³/mol. The number of aryl methyl sites for hydroxylation is 1. The molecule has 2 aromatic carbocycles. The molecule has 2 aliphatic heterocycles. The molecule has 5 rings (SSSR count). The van der Waals surface area contributed by atoms with Gasteiger partial charge in [-0.25, -0.2) is 4.90 Å². The zero-order chi connectivity index (χ0) is 24.0. The van der Waals surface area contributed by atoms with Gasteiger partial charge in [0.15, 0.2) is 12.1 Å². The van der Waals surface area contributed by atoms with Crippen molar-refractivity contribution in [2.75, 3.05) is 4.90 Å². The number of halogens is 3. The third-order valence-corrected chi connectivity index (χ3v) is 5.67. The zero-order valence-electron chi connectivity index (χ0n) is 17.7. The maximum absolute atomic E-state index is 13.1. The average molecular weight is 470 g/mol. The summed E-state index contributed by atoms with van der Waals surface area (Å²) < 4.78 is 44.1. The fourth-order valence-corrected chi connectivity index (χ4v) is 3.90. The lowest BCUT2D eigenvalue weighted by atomic mass is 10.1. The molecule has 3 aromatic rings. The molecule has 2 atom stereocenters. The van der Waals surface area contributed by atoms with E-state index in [1.165, 1.54) is 17.1 Å². The third kappa shape index (κ3) is 3.70. The number of nitrogens with zero attached hydrogens (tertiary/aromatic N) is 6. The third-order valence-electron chi connectivity index (χ3n) is 5.67. The molecule has 0 N–H and O–H groups in total. The monoisotopic (exact) mass is 470 g/mol. The molecule has 0 unspecified atom stereocenters. The van der Waals surface area contributed by atoms with Crippen LogP contribution in [0.1, 0.15) is 23.9 Å². The minimum absolute atomic E-state index is 0.0120. The lowest BCUT2D eigenvalue weighted by molar-refractivity contribution is -0.137. The molecule has 0 bridgehead atoms. The number of carbonyl (C=O) groups excluding carboxylic acids is 2. The number of hydrogen-bond acceptors (Lipinski definition) is 8. The van der Waals surface area contributed by atoms with Crippen LogP contribution in [0.3, 0.4) is 0 Å². The number of anilines is 1. The Morgan fingerprint density at radius 2 is 1.82 bits per heavy atom. The van der Waals surface area contributed by atoms with Crippen LogP contribution in [0, 0.1) is 0 Å². The molecule has 0 spiro atoms. The van der Waals surface area contributed by atoms with Crippen molar-refractivity contribution in [1.82, 2.24) is 15.1 Å². The van der Waals surface area contributed by atoms with Crippen molar-refractivity contribution in [1.29, 1.82) is 0 Å². The summed E-state index contributed by atoms with van der Waals surface area (Å²) in [5, 5.41) is 12.9. The van der Waals surface area contributed by atoms with Gasteiger partial charge in [0.05, 0.1) is 11.3 Å². The van der Waals surface area contributed by atoms with Gasteiger partial charge >= 0.3 is 6.18 Å². The molecule has 174 valence electrons.